The van der Waals surface area contributed by atoms with Crippen molar-refractivity contribution in [3.8, 4) is 0 Å². The van der Waals surface area contributed by atoms with Crippen LogP contribution in [-0.2, 0) is 0 Å². The number of aliphatic hydroxyl groups excluding tert-OH is 1. The summed E-state index contributed by atoms with van der Waals surface area (Å²) in [6, 6.07) is 0. The molecule has 1 amide bonds. The molecule has 4 nitrogen and oxygen atoms in total. The SMILES string of the molecule is CC(C)(CCSCCO)NC(=O)O. The van der Waals surface area contributed by atoms with Gasteiger partial charge in [0.05, 0.1) is 6.61 Å². The van der Waals surface area contributed by atoms with E-state index in [2.05, 4.69) is 5.32 Å². The van der Waals surface area contributed by atoms with Crippen molar-refractivity contribution in [1.29, 1.82) is 0 Å². The van der Waals surface area contributed by atoms with Gasteiger partial charge in [-0.15, -0.1) is 0 Å². The number of carbonyl (C=O) groups is 1. The number of hydrogen-bond donors (Lipinski definition) is 3. The summed E-state index contributed by atoms with van der Waals surface area (Å²) in [7, 11) is 0. The molecule has 0 aliphatic heterocycles. The van der Waals surface area contributed by atoms with E-state index in [1.165, 1.54) is 0 Å². The van der Waals surface area contributed by atoms with Crippen LogP contribution in [0.5, 0.6) is 0 Å². The van der Waals surface area contributed by atoms with Crippen LogP contribution in [0.3, 0.4) is 0 Å². The monoisotopic (exact) mass is 207 g/mol. The number of thioether (sulfide) groups is 1. The summed E-state index contributed by atoms with van der Waals surface area (Å²) >= 11 is 1.62. The van der Waals surface area contributed by atoms with Crippen LogP contribution in [0.15, 0.2) is 0 Å². The zero-order chi connectivity index (χ0) is 10.3. The van der Waals surface area contributed by atoms with Gasteiger partial charge in [0.15, 0.2) is 0 Å². The maximum Gasteiger partial charge on any atom is 0.405 e. The largest absolute Gasteiger partial charge is 0.465 e. The Hall–Kier alpha value is -0.420. The molecule has 0 bridgehead atoms. The Bertz CT molecular complexity index is 161. The normalized spacial score (nSPS) is 11.3. The molecule has 0 unspecified atom stereocenters. The first-order valence-corrected chi connectivity index (χ1v) is 5.33. The molecule has 5 heteroatoms. The molecule has 0 fully saturated rings. The summed E-state index contributed by atoms with van der Waals surface area (Å²) in [5, 5.41) is 19.4. The predicted octanol–water partition coefficient (Wildman–Crippen LogP) is 1.15. The number of rotatable bonds is 6. The van der Waals surface area contributed by atoms with E-state index in [1.807, 2.05) is 13.8 Å². The fourth-order valence-electron chi connectivity index (χ4n) is 0.846. The minimum Gasteiger partial charge on any atom is -0.465 e. The molecule has 0 saturated heterocycles. The molecular formula is C8H17NO3S. The second-order valence-electron chi connectivity index (χ2n) is 3.40. The number of aliphatic hydroxyl groups is 1. The van der Waals surface area contributed by atoms with E-state index < -0.39 is 6.09 Å². The van der Waals surface area contributed by atoms with Crippen molar-refractivity contribution >= 4 is 17.9 Å². The van der Waals surface area contributed by atoms with E-state index in [0.29, 0.717) is 5.75 Å². The van der Waals surface area contributed by atoms with Gasteiger partial charge in [0.1, 0.15) is 0 Å². The van der Waals surface area contributed by atoms with E-state index in [1.54, 1.807) is 11.8 Å². The lowest BCUT2D eigenvalue weighted by atomic mass is 10.0. The summed E-state index contributed by atoms with van der Waals surface area (Å²) in [5.41, 5.74) is -0.381. The van der Waals surface area contributed by atoms with Crippen LogP contribution in [0.25, 0.3) is 0 Å². The van der Waals surface area contributed by atoms with Gasteiger partial charge in [-0.3, -0.25) is 0 Å². The van der Waals surface area contributed by atoms with Crippen molar-refractivity contribution in [3.05, 3.63) is 0 Å². The van der Waals surface area contributed by atoms with Crippen molar-refractivity contribution in [1.82, 2.24) is 5.32 Å². The van der Waals surface area contributed by atoms with Crippen molar-refractivity contribution in [2.75, 3.05) is 18.1 Å². The molecule has 0 spiro atoms. The van der Waals surface area contributed by atoms with E-state index in [9.17, 15) is 4.79 Å². The highest BCUT2D eigenvalue weighted by atomic mass is 32.2. The maximum absolute atomic E-state index is 10.3. The zero-order valence-corrected chi connectivity index (χ0v) is 8.86. The van der Waals surface area contributed by atoms with E-state index in [4.69, 9.17) is 10.2 Å². The third kappa shape index (κ3) is 7.93. The molecule has 0 aliphatic rings. The molecule has 0 aromatic rings. The van der Waals surface area contributed by atoms with Gasteiger partial charge in [-0.25, -0.2) is 4.79 Å². The highest BCUT2D eigenvalue weighted by Gasteiger charge is 2.18. The molecule has 3 N–H and O–H groups in total. The maximum atomic E-state index is 10.3. The Morgan fingerprint density at radius 2 is 2.08 bits per heavy atom. The highest BCUT2D eigenvalue weighted by molar-refractivity contribution is 7.99. The third-order valence-electron chi connectivity index (χ3n) is 1.55. The predicted molar refractivity (Wildman–Crippen MR) is 54.3 cm³/mol. The number of amides is 1. The quantitative estimate of drug-likeness (QED) is 0.571. The molecule has 13 heavy (non-hydrogen) atoms. The van der Waals surface area contributed by atoms with Crippen LogP contribution in [-0.4, -0.2) is 40.0 Å². The Kier molecular flexibility index (Phi) is 5.90. The second-order valence-corrected chi connectivity index (χ2v) is 4.62. The molecule has 0 aliphatic carbocycles. The van der Waals surface area contributed by atoms with Crippen LogP contribution in [0.2, 0.25) is 0 Å². The summed E-state index contributed by atoms with van der Waals surface area (Å²) in [6.07, 6.45) is -0.221. The van der Waals surface area contributed by atoms with Gasteiger partial charge < -0.3 is 15.5 Å². The van der Waals surface area contributed by atoms with Crippen LogP contribution < -0.4 is 5.32 Å². The molecule has 0 heterocycles. The van der Waals surface area contributed by atoms with E-state index in [0.717, 1.165) is 12.2 Å². The number of carboxylic acid groups (broad SMARTS) is 1. The highest BCUT2D eigenvalue weighted by Crippen LogP contribution is 2.12. The number of nitrogens with one attached hydrogen (secondary N) is 1. The third-order valence-corrected chi connectivity index (χ3v) is 2.52. The van der Waals surface area contributed by atoms with Gasteiger partial charge in [-0.1, -0.05) is 0 Å². The van der Waals surface area contributed by atoms with Crippen LogP contribution in [0.1, 0.15) is 20.3 Å². The van der Waals surface area contributed by atoms with Crippen LogP contribution in [0, 0.1) is 0 Å². The van der Waals surface area contributed by atoms with Crippen molar-refractivity contribution in [2.45, 2.75) is 25.8 Å². The second kappa shape index (κ2) is 6.10. The summed E-state index contributed by atoms with van der Waals surface area (Å²) in [6.45, 7) is 3.87. The average molecular weight is 207 g/mol. The number of hydrogen-bond acceptors (Lipinski definition) is 3. The molecule has 0 atom stereocenters. The fourth-order valence-corrected chi connectivity index (χ4v) is 1.83. The lowest BCUT2D eigenvalue weighted by Gasteiger charge is -2.24. The topological polar surface area (TPSA) is 69.6 Å². The van der Waals surface area contributed by atoms with Gasteiger partial charge in [0.2, 0.25) is 0 Å². The molecule has 0 radical (unpaired) electrons. The van der Waals surface area contributed by atoms with Gasteiger partial charge in [0.25, 0.3) is 0 Å². The molecule has 0 rings (SSSR count). The Balaban J connectivity index is 3.56. The van der Waals surface area contributed by atoms with Crippen LogP contribution in [0.4, 0.5) is 4.79 Å². The minimum atomic E-state index is -0.989. The molecular weight excluding hydrogens is 190 g/mol. The first-order valence-electron chi connectivity index (χ1n) is 4.17. The molecule has 0 aromatic carbocycles. The van der Waals surface area contributed by atoms with Gasteiger partial charge in [0, 0.05) is 11.3 Å². The van der Waals surface area contributed by atoms with Gasteiger partial charge in [-0.05, 0) is 26.0 Å². The van der Waals surface area contributed by atoms with Crippen molar-refractivity contribution in [3.63, 3.8) is 0 Å². The smallest absolute Gasteiger partial charge is 0.405 e. The lowest BCUT2D eigenvalue weighted by molar-refractivity contribution is 0.181. The zero-order valence-electron chi connectivity index (χ0n) is 8.04. The minimum absolute atomic E-state index is 0.178. The Labute approximate surface area is 82.7 Å². The van der Waals surface area contributed by atoms with Gasteiger partial charge in [-0.2, -0.15) is 11.8 Å². The standard InChI is InChI=1S/C8H17NO3S/c1-8(2,9-7(11)12)3-5-13-6-4-10/h9-10H,3-6H2,1-2H3,(H,11,12). The Morgan fingerprint density at radius 1 is 1.46 bits per heavy atom. The molecule has 0 saturated carbocycles. The van der Waals surface area contributed by atoms with Crippen molar-refractivity contribution < 1.29 is 15.0 Å². The Morgan fingerprint density at radius 3 is 2.54 bits per heavy atom. The molecule has 0 aromatic heterocycles. The van der Waals surface area contributed by atoms with Gasteiger partial charge >= 0.3 is 6.09 Å². The average Bonchev–Trinajstić information content (AvgIpc) is 1.95. The molecule has 78 valence electrons. The summed E-state index contributed by atoms with van der Waals surface area (Å²) in [5.74, 6) is 1.57. The lowest BCUT2D eigenvalue weighted by Crippen LogP contribution is -2.43. The van der Waals surface area contributed by atoms with E-state index in [-0.39, 0.29) is 12.1 Å². The van der Waals surface area contributed by atoms with Crippen LogP contribution >= 0.6 is 11.8 Å². The summed E-state index contributed by atoms with van der Waals surface area (Å²) < 4.78 is 0. The van der Waals surface area contributed by atoms with Crippen molar-refractivity contribution in [2.24, 2.45) is 0 Å². The first kappa shape index (κ1) is 12.6. The van der Waals surface area contributed by atoms with E-state index >= 15 is 0 Å². The summed E-state index contributed by atoms with van der Waals surface area (Å²) in [4.78, 5) is 10.3. The fraction of sp³-hybridized carbons (Fsp3) is 0.875. The first-order chi connectivity index (χ1) is 5.98.